The normalized spacial score (nSPS) is 10.3. The van der Waals surface area contributed by atoms with E-state index in [1.54, 1.807) is 31.2 Å². The van der Waals surface area contributed by atoms with Gasteiger partial charge in [0.15, 0.2) is 5.78 Å². The van der Waals surface area contributed by atoms with E-state index in [2.05, 4.69) is 4.98 Å². The number of ketones is 1. The summed E-state index contributed by atoms with van der Waals surface area (Å²) in [5.41, 5.74) is 2.61. The van der Waals surface area contributed by atoms with Gasteiger partial charge in [0.25, 0.3) is 0 Å². The van der Waals surface area contributed by atoms with E-state index in [4.69, 9.17) is 4.74 Å². The molecule has 3 heteroatoms. The standard InChI is InChI=1S/C16H17NO2/c1-4-15-16(10-5-11(2)17-15)19-14-8-6-13(7-9-14)12(3)18/h5-10H,4H2,1-3H3. The fourth-order valence-corrected chi connectivity index (χ4v) is 1.83. The number of pyridine rings is 1. The van der Waals surface area contributed by atoms with Crippen LogP contribution in [0.15, 0.2) is 36.4 Å². The van der Waals surface area contributed by atoms with Crippen LogP contribution in [0.5, 0.6) is 11.5 Å². The van der Waals surface area contributed by atoms with Crippen molar-refractivity contribution in [3.8, 4) is 11.5 Å². The van der Waals surface area contributed by atoms with Crippen LogP contribution in [-0.4, -0.2) is 10.8 Å². The van der Waals surface area contributed by atoms with Crippen molar-refractivity contribution in [3.05, 3.63) is 53.3 Å². The Morgan fingerprint density at radius 2 is 1.84 bits per heavy atom. The lowest BCUT2D eigenvalue weighted by molar-refractivity contribution is 0.101. The maximum Gasteiger partial charge on any atom is 0.159 e. The molecule has 0 saturated carbocycles. The molecule has 2 rings (SSSR count). The predicted molar refractivity (Wildman–Crippen MR) is 74.9 cm³/mol. The number of benzene rings is 1. The van der Waals surface area contributed by atoms with Gasteiger partial charge in [0.05, 0.1) is 5.69 Å². The smallest absolute Gasteiger partial charge is 0.159 e. The molecule has 1 heterocycles. The van der Waals surface area contributed by atoms with E-state index in [1.165, 1.54) is 0 Å². The number of nitrogens with zero attached hydrogens (tertiary/aromatic N) is 1. The van der Waals surface area contributed by atoms with Gasteiger partial charge in [0, 0.05) is 11.3 Å². The largest absolute Gasteiger partial charge is 0.455 e. The molecule has 0 fully saturated rings. The summed E-state index contributed by atoms with van der Waals surface area (Å²) in [6, 6.07) is 11.0. The third-order valence-corrected chi connectivity index (χ3v) is 2.90. The highest BCUT2D eigenvalue weighted by Crippen LogP contribution is 2.25. The quantitative estimate of drug-likeness (QED) is 0.776. The molecule has 0 unspecified atom stereocenters. The van der Waals surface area contributed by atoms with E-state index in [-0.39, 0.29) is 5.78 Å². The maximum atomic E-state index is 11.2. The SMILES string of the molecule is CCc1nc(C)ccc1Oc1ccc(C(C)=O)cc1. The first-order valence-electron chi connectivity index (χ1n) is 6.35. The molecule has 3 nitrogen and oxygen atoms in total. The Kier molecular flexibility index (Phi) is 3.95. The summed E-state index contributed by atoms with van der Waals surface area (Å²) in [6.07, 6.45) is 0.822. The number of aromatic nitrogens is 1. The first-order valence-corrected chi connectivity index (χ1v) is 6.35. The molecule has 19 heavy (non-hydrogen) atoms. The van der Waals surface area contributed by atoms with Gasteiger partial charge in [-0.05, 0) is 56.7 Å². The van der Waals surface area contributed by atoms with Gasteiger partial charge in [-0.1, -0.05) is 6.92 Å². The van der Waals surface area contributed by atoms with Gasteiger partial charge in [-0.25, -0.2) is 0 Å². The van der Waals surface area contributed by atoms with Crippen molar-refractivity contribution in [3.63, 3.8) is 0 Å². The summed E-state index contributed by atoms with van der Waals surface area (Å²) in [5, 5.41) is 0. The van der Waals surface area contributed by atoms with Crippen LogP contribution in [0.2, 0.25) is 0 Å². The molecule has 0 aliphatic rings. The number of carbonyl (C=O) groups is 1. The van der Waals surface area contributed by atoms with E-state index in [9.17, 15) is 4.79 Å². The molecule has 0 radical (unpaired) electrons. The minimum absolute atomic E-state index is 0.0535. The molecule has 0 aliphatic carbocycles. The molecule has 1 aromatic carbocycles. The fourth-order valence-electron chi connectivity index (χ4n) is 1.83. The topological polar surface area (TPSA) is 39.2 Å². The Bertz CT molecular complexity index is 588. The Labute approximate surface area is 113 Å². The molecular weight excluding hydrogens is 238 g/mol. The molecule has 98 valence electrons. The molecule has 0 aliphatic heterocycles. The van der Waals surface area contributed by atoms with Gasteiger partial charge in [0.1, 0.15) is 11.5 Å². The molecule has 0 N–H and O–H groups in total. The van der Waals surface area contributed by atoms with Gasteiger partial charge < -0.3 is 4.74 Å². The summed E-state index contributed by atoms with van der Waals surface area (Å²) >= 11 is 0. The number of ether oxygens (including phenoxy) is 1. The zero-order chi connectivity index (χ0) is 13.8. The number of hydrogen-bond acceptors (Lipinski definition) is 3. The zero-order valence-corrected chi connectivity index (χ0v) is 11.4. The van der Waals surface area contributed by atoms with Crippen LogP contribution >= 0.6 is 0 Å². The monoisotopic (exact) mass is 255 g/mol. The van der Waals surface area contributed by atoms with Gasteiger partial charge in [0.2, 0.25) is 0 Å². The van der Waals surface area contributed by atoms with Crippen molar-refractivity contribution in [1.29, 1.82) is 0 Å². The zero-order valence-electron chi connectivity index (χ0n) is 11.4. The van der Waals surface area contributed by atoms with Gasteiger partial charge in [-0.15, -0.1) is 0 Å². The number of rotatable bonds is 4. The number of carbonyl (C=O) groups excluding carboxylic acids is 1. The van der Waals surface area contributed by atoms with E-state index >= 15 is 0 Å². The van der Waals surface area contributed by atoms with Crippen LogP contribution in [0, 0.1) is 6.92 Å². The molecule has 0 bridgehead atoms. The second-order valence-electron chi connectivity index (χ2n) is 4.43. The van der Waals surface area contributed by atoms with Crippen molar-refractivity contribution in [2.45, 2.75) is 27.2 Å². The van der Waals surface area contributed by atoms with Gasteiger partial charge in [-0.3, -0.25) is 9.78 Å². The first-order chi connectivity index (χ1) is 9.10. The highest BCUT2D eigenvalue weighted by molar-refractivity contribution is 5.94. The lowest BCUT2D eigenvalue weighted by atomic mass is 10.1. The first kappa shape index (κ1) is 13.3. The predicted octanol–water partition coefficient (Wildman–Crippen LogP) is 3.95. The van der Waals surface area contributed by atoms with E-state index in [0.717, 1.165) is 23.6 Å². The van der Waals surface area contributed by atoms with Crippen molar-refractivity contribution < 1.29 is 9.53 Å². The summed E-state index contributed by atoms with van der Waals surface area (Å²) in [7, 11) is 0. The van der Waals surface area contributed by atoms with Crippen LogP contribution < -0.4 is 4.74 Å². The minimum Gasteiger partial charge on any atom is -0.455 e. The Hall–Kier alpha value is -2.16. The Morgan fingerprint density at radius 1 is 1.16 bits per heavy atom. The number of aryl methyl sites for hydroxylation is 2. The Morgan fingerprint density at radius 3 is 2.42 bits per heavy atom. The van der Waals surface area contributed by atoms with Crippen LogP contribution in [0.25, 0.3) is 0 Å². The van der Waals surface area contributed by atoms with Crippen molar-refractivity contribution >= 4 is 5.78 Å². The van der Waals surface area contributed by atoms with Crippen molar-refractivity contribution in [2.75, 3.05) is 0 Å². The van der Waals surface area contributed by atoms with Crippen molar-refractivity contribution in [2.24, 2.45) is 0 Å². The van der Waals surface area contributed by atoms with Crippen LogP contribution in [0.3, 0.4) is 0 Å². The second-order valence-corrected chi connectivity index (χ2v) is 4.43. The Balaban J connectivity index is 2.23. The number of hydrogen-bond donors (Lipinski definition) is 0. The summed E-state index contributed by atoms with van der Waals surface area (Å²) in [5.74, 6) is 1.53. The molecule has 2 aromatic rings. The maximum absolute atomic E-state index is 11.2. The fraction of sp³-hybridized carbons (Fsp3) is 0.250. The summed E-state index contributed by atoms with van der Waals surface area (Å²) < 4.78 is 5.82. The second kappa shape index (κ2) is 5.65. The summed E-state index contributed by atoms with van der Waals surface area (Å²) in [4.78, 5) is 15.7. The highest BCUT2D eigenvalue weighted by atomic mass is 16.5. The van der Waals surface area contributed by atoms with Gasteiger partial charge in [-0.2, -0.15) is 0 Å². The molecule has 0 spiro atoms. The third-order valence-electron chi connectivity index (χ3n) is 2.90. The average molecular weight is 255 g/mol. The molecule has 0 saturated heterocycles. The average Bonchev–Trinajstić information content (AvgIpc) is 2.41. The van der Waals surface area contributed by atoms with Crippen LogP contribution in [0.1, 0.15) is 35.6 Å². The molecule has 0 amide bonds. The lowest BCUT2D eigenvalue weighted by Gasteiger charge is -2.10. The highest BCUT2D eigenvalue weighted by Gasteiger charge is 2.06. The molecular formula is C16H17NO2. The van der Waals surface area contributed by atoms with Crippen LogP contribution in [-0.2, 0) is 6.42 Å². The lowest BCUT2D eigenvalue weighted by Crippen LogP contribution is -1.96. The van der Waals surface area contributed by atoms with Gasteiger partial charge >= 0.3 is 0 Å². The third kappa shape index (κ3) is 3.19. The number of Topliss-reactive ketones (excluding diaryl/α,β-unsaturated/α-hetero) is 1. The van der Waals surface area contributed by atoms with Crippen molar-refractivity contribution in [1.82, 2.24) is 4.98 Å². The van der Waals surface area contributed by atoms with E-state index in [1.807, 2.05) is 26.0 Å². The van der Waals surface area contributed by atoms with Crippen LogP contribution in [0.4, 0.5) is 0 Å². The molecule has 1 aromatic heterocycles. The molecule has 0 atom stereocenters. The van der Waals surface area contributed by atoms with E-state index < -0.39 is 0 Å². The van der Waals surface area contributed by atoms with E-state index in [0.29, 0.717) is 11.3 Å². The summed E-state index contributed by atoms with van der Waals surface area (Å²) in [6.45, 7) is 5.56. The minimum atomic E-state index is 0.0535.